The Balaban J connectivity index is 1.61. The molecule has 156 valence electrons. The molecule has 3 aliphatic heterocycles. The molecule has 0 spiro atoms. The molecule has 3 saturated heterocycles. The Kier molecular flexibility index (Phi) is 4.86. The van der Waals surface area contributed by atoms with E-state index in [0.717, 1.165) is 5.56 Å². The van der Waals surface area contributed by atoms with Crippen molar-refractivity contribution in [3.05, 3.63) is 29.8 Å². The normalized spacial score (nSPS) is 36.5. The second-order valence-corrected chi connectivity index (χ2v) is 9.84. The zero-order chi connectivity index (χ0) is 20.3. The summed E-state index contributed by atoms with van der Waals surface area (Å²) >= 11 is 0. The van der Waals surface area contributed by atoms with Crippen LogP contribution in [0.25, 0.3) is 0 Å². The fourth-order valence-electron chi connectivity index (χ4n) is 3.70. The van der Waals surface area contributed by atoms with Gasteiger partial charge in [0.25, 0.3) is 10.1 Å². The second kappa shape index (κ2) is 6.73. The van der Waals surface area contributed by atoms with Gasteiger partial charge >= 0.3 is 0 Å². The SMILES string of the molecule is Cc1ccc(S(=O)(=O)O[C@@H]2[C@@H]3OC(C)(C)O[C@H]3O[C@H]2[C@H]2COC(C)(C)O2)cc1. The lowest BCUT2D eigenvalue weighted by molar-refractivity contribution is -0.230. The van der Waals surface area contributed by atoms with E-state index in [1.165, 1.54) is 12.1 Å². The summed E-state index contributed by atoms with van der Waals surface area (Å²) in [5.74, 6) is -1.69. The molecule has 4 rings (SSSR count). The highest BCUT2D eigenvalue weighted by Gasteiger charge is 2.60. The first-order valence-electron chi connectivity index (χ1n) is 9.29. The molecule has 1 aromatic carbocycles. The Hall–Kier alpha value is -1.07. The average Bonchev–Trinajstić information content (AvgIpc) is 3.18. The molecule has 3 heterocycles. The van der Waals surface area contributed by atoms with Gasteiger partial charge in [0.05, 0.1) is 11.5 Å². The quantitative estimate of drug-likeness (QED) is 0.692. The van der Waals surface area contributed by atoms with Crippen LogP contribution in [-0.4, -0.2) is 57.3 Å². The van der Waals surface area contributed by atoms with Crippen molar-refractivity contribution in [1.82, 2.24) is 0 Å². The van der Waals surface area contributed by atoms with Crippen molar-refractivity contribution in [3.8, 4) is 0 Å². The Morgan fingerprint density at radius 3 is 2.25 bits per heavy atom. The minimum atomic E-state index is -4.04. The smallest absolute Gasteiger partial charge is 0.297 e. The second-order valence-electron chi connectivity index (χ2n) is 8.26. The topological polar surface area (TPSA) is 89.5 Å². The first-order valence-corrected chi connectivity index (χ1v) is 10.7. The Morgan fingerprint density at radius 1 is 0.964 bits per heavy atom. The fourth-order valence-corrected chi connectivity index (χ4v) is 4.79. The maximum absolute atomic E-state index is 12.9. The molecule has 3 aliphatic rings. The van der Waals surface area contributed by atoms with Gasteiger partial charge in [-0.15, -0.1) is 0 Å². The highest BCUT2D eigenvalue weighted by Crippen LogP contribution is 2.42. The minimum Gasteiger partial charge on any atom is -0.348 e. The molecule has 0 amide bonds. The number of ether oxygens (including phenoxy) is 5. The van der Waals surface area contributed by atoms with Crippen LogP contribution >= 0.6 is 0 Å². The van der Waals surface area contributed by atoms with Gasteiger partial charge in [0.15, 0.2) is 17.9 Å². The van der Waals surface area contributed by atoms with Crippen molar-refractivity contribution in [1.29, 1.82) is 0 Å². The Labute approximate surface area is 165 Å². The van der Waals surface area contributed by atoms with Crippen LogP contribution in [0.15, 0.2) is 29.2 Å². The maximum Gasteiger partial charge on any atom is 0.297 e. The summed E-state index contributed by atoms with van der Waals surface area (Å²) in [6.45, 7) is 9.20. The van der Waals surface area contributed by atoms with Gasteiger partial charge in [-0.3, -0.25) is 4.18 Å². The fraction of sp³-hybridized carbons (Fsp3) is 0.684. The zero-order valence-corrected chi connectivity index (χ0v) is 17.4. The molecule has 5 atom stereocenters. The maximum atomic E-state index is 12.9. The van der Waals surface area contributed by atoms with Crippen LogP contribution in [-0.2, 0) is 38.0 Å². The average molecular weight is 414 g/mol. The van der Waals surface area contributed by atoms with Gasteiger partial charge in [-0.2, -0.15) is 8.42 Å². The molecule has 0 unspecified atom stereocenters. The van der Waals surface area contributed by atoms with Crippen LogP contribution in [0.1, 0.15) is 33.3 Å². The molecule has 8 nitrogen and oxygen atoms in total. The summed E-state index contributed by atoms with van der Waals surface area (Å²) in [5, 5.41) is 0. The summed E-state index contributed by atoms with van der Waals surface area (Å²) in [4.78, 5) is 0.0717. The van der Waals surface area contributed by atoms with Crippen LogP contribution in [0.2, 0.25) is 0 Å². The predicted octanol–water partition coefficient (Wildman–Crippen LogP) is 2.10. The molecule has 0 saturated carbocycles. The molecule has 1 aromatic rings. The third kappa shape index (κ3) is 3.85. The summed E-state index contributed by atoms with van der Waals surface area (Å²) in [6.07, 6.45) is -3.60. The summed E-state index contributed by atoms with van der Waals surface area (Å²) < 4.78 is 60.5. The van der Waals surface area contributed by atoms with E-state index < -0.39 is 52.4 Å². The van der Waals surface area contributed by atoms with Gasteiger partial charge in [0.1, 0.15) is 24.4 Å². The molecule has 0 bridgehead atoms. The largest absolute Gasteiger partial charge is 0.348 e. The molecular weight excluding hydrogens is 388 g/mol. The van der Waals surface area contributed by atoms with Gasteiger partial charge in [0, 0.05) is 0 Å². The Bertz CT molecular complexity index is 832. The number of hydrogen-bond acceptors (Lipinski definition) is 8. The number of hydrogen-bond donors (Lipinski definition) is 0. The van der Waals surface area contributed by atoms with Crippen molar-refractivity contribution in [2.24, 2.45) is 0 Å². The van der Waals surface area contributed by atoms with Crippen molar-refractivity contribution in [3.63, 3.8) is 0 Å². The third-order valence-electron chi connectivity index (χ3n) is 4.97. The summed E-state index contributed by atoms with van der Waals surface area (Å²) in [7, 11) is -4.04. The highest BCUT2D eigenvalue weighted by molar-refractivity contribution is 7.86. The highest BCUT2D eigenvalue weighted by atomic mass is 32.2. The molecule has 3 fully saturated rings. The van der Waals surface area contributed by atoms with E-state index in [9.17, 15) is 8.42 Å². The van der Waals surface area contributed by atoms with Gasteiger partial charge in [-0.25, -0.2) is 0 Å². The summed E-state index contributed by atoms with van der Waals surface area (Å²) in [5.41, 5.74) is 0.953. The zero-order valence-electron chi connectivity index (χ0n) is 16.6. The van der Waals surface area contributed by atoms with Crippen molar-refractivity contribution in [2.75, 3.05) is 6.61 Å². The summed E-state index contributed by atoms with van der Waals surface area (Å²) in [6, 6.07) is 6.47. The van der Waals surface area contributed by atoms with E-state index in [4.69, 9.17) is 27.9 Å². The van der Waals surface area contributed by atoms with Crippen LogP contribution in [0.3, 0.4) is 0 Å². The van der Waals surface area contributed by atoms with E-state index in [1.54, 1.807) is 39.8 Å². The third-order valence-corrected chi connectivity index (χ3v) is 6.30. The molecule has 9 heteroatoms. The lowest BCUT2D eigenvalue weighted by Gasteiger charge is -2.28. The van der Waals surface area contributed by atoms with Crippen molar-refractivity contribution in [2.45, 2.75) is 81.8 Å². The molecule has 0 aliphatic carbocycles. The van der Waals surface area contributed by atoms with Gasteiger partial charge < -0.3 is 23.7 Å². The Morgan fingerprint density at radius 2 is 1.64 bits per heavy atom. The van der Waals surface area contributed by atoms with E-state index in [2.05, 4.69) is 0 Å². The van der Waals surface area contributed by atoms with Crippen molar-refractivity contribution < 1.29 is 36.3 Å². The van der Waals surface area contributed by atoms with Gasteiger partial charge in [-0.1, -0.05) is 17.7 Å². The lowest BCUT2D eigenvalue weighted by Crippen LogP contribution is -2.45. The lowest BCUT2D eigenvalue weighted by atomic mass is 10.1. The molecular formula is C19H26O8S. The van der Waals surface area contributed by atoms with Crippen LogP contribution in [0, 0.1) is 6.92 Å². The monoisotopic (exact) mass is 414 g/mol. The van der Waals surface area contributed by atoms with Gasteiger partial charge in [0.2, 0.25) is 0 Å². The first kappa shape index (κ1) is 20.2. The number of fused-ring (bicyclic) bond motifs is 1. The van der Waals surface area contributed by atoms with Crippen LogP contribution < -0.4 is 0 Å². The van der Waals surface area contributed by atoms with Crippen LogP contribution in [0.4, 0.5) is 0 Å². The molecule has 0 N–H and O–H groups in total. The standard InChI is InChI=1S/C19H26O8S/c1-11-6-8-12(9-7-11)28(20,21)27-15-14(13-10-22-18(2,3)24-13)23-17-16(15)25-19(4,5)26-17/h6-9,13-17H,10H2,1-5H3/t13-,14+,15+,16+,17-/m1/s1. The van der Waals surface area contributed by atoms with Gasteiger partial charge in [-0.05, 0) is 46.8 Å². The molecule has 0 radical (unpaired) electrons. The van der Waals surface area contributed by atoms with E-state index in [0.29, 0.717) is 0 Å². The van der Waals surface area contributed by atoms with E-state index >= 15 is 0 Å². The molecule has 28 heavy (non-hydrogen) atoms. The van der Waals surface area contributed by atoms with Crippen LogP contribution in [0.5, 0.6) is 0 Å². The minimum absolute atomic E-state index is 0.0717. The molecule has 0 aromatic heterocycles. The number of rotatable bonds is 4. The van der Waals surface area contributed by atoms with E-state index in [-0.39, 0.29) is 11.5 Å². The predicted molar refractivity (Wildman–Crippen MR) is 96.8 cm³/mol. The first-order chi connectivity index (χ1) is 13.0. The number of aryl methyl sites for hydroxylation is 1. The van der Waals surface area contributed by atoms with Crippen molar-refractivity contribution >= 4 is 10.1 Å². The van der Waals surface area contributed by atoms with E-state index in [1.807, 2.05) is 6.92 Å². The number of benzene rings is 1.